The van der Waals surface area contributed by atoms with Gasteiger partial charge in [-0.25, -0.2) is 4.79 Å². The molecule has 0 aromatic heterocycles. The van der Waals surface area contributed by atoms with Crippen molar-refractivity contribution in [3.63, 3.8) is 0 Å². The van der Waals surface area contributed by atoms with Crippen LogP contribution in [0.25, 0.3) is 0 Å². The lowest BCUT2D eigenvalue weighted by atomic mass is 10.2. The molecule has 0 atom stereocenters. The van der Waals surface area contributed by atoms with Crippen molar-refractivity contribution in [1.29, 1.82) is 0 Å². The van der Waals surface area contributed by atoms with Gasteiger partial charge >= 0.3 is 6.03 Å². The van der Waals surface area contributed by atoms with Gasteiger partial charge in [0, 0.05) is 6.54 Å². The second kappa shape index (κ2) is 6.49. The highest BCUT2D eigenvalue weighted by Crippen LogP contribution is 2.11. The summed E-state index contributed by atoms with van der Waals surface area (Å²) in [5.41, 5.74) is 5.89. The number of nitrogens with two attached hydrogens (primary N) is 1. The van der Waals surface area contributed by atoms with Crippen LogP contribution in [-0.4, -0.2) is 25.6 Å². The van der Waals surface area contributed by atoms with Gasteiger partial charge < -0.3 is 15.8 Å². The molecular weight excluding hydrogens is 222 g/mol. The van der Waals surface area contributed by atoms with Gasteiger partial charge in [-0.2, -0.15) is 0 Å². The van der Waals surface area contributed by atoms with Gasteiger partial charge in [0.2, 0.25) is 0 Å². The molecule has 0 heterocycles. The van der Waals surface area contributed by atoms with Crippen molar-refractivity contribution in [2.45, 2.75) is 6.54 Å². The summed E-state index contributed by atoms with van der Waals surface area (Å²) in [5, 5.41) is 4.93. The van der Waals surface area contributed by atoms with E-state index in [1.54, 1.807) is 12.1 Å². The van der Waals surface area contributed by atoms with E-state index in [1.807, 2.05) is 24.5 Å². The topological polar surface area (TPSA) is 93.4 Å². The summed E-state index contributed by atoms with van der Waals surface area (Å²) in [6.45, 7) is 0.525. The molecule has 92 valence electrons. The predicted molar refractivity (Wildman–Crippen MR) is 62.4 cm³/mol. The van der Waals surface area contributed by atoms with Crippen molar-refractivity contribution >= 4 is 11.9 Å². The van der Waals surface area contributed by atoms with Crippen LogP contribution in [0.4, 0.5) is 4.79 Å². The van der Waals surface area contributed by atoms with E-state index < -0.39 is 11.9 Å². The van der Waals surface area contributed by atoms with Crippen molar-refractivity contribution in [2.75, 3.05) is 13.7 Å². The second-order valence-electron chi connectivity index (χ2n) is 3.38. The molecule has 0 aliphatic carbocycles. The van der Waals surface area contributed by atoms with E-state index in [9.17, 15) is 9.59 Å². The number of imide groups is 1. The predicted octanol–water partition coefficient (Wildman–Crippen LogP) is -0.0203. The van der Waals surface area contributed by atoms with Crippen LogP contribution in [0.3, 0.4) is 0 Å². The maximum Gasteiger partial charge on any atom is 0.318 e. The third kappa shape index (κ3) is 4.98. The first-order valence-corrected chi connectivity index (χ1v) is 5.07. The molecule has 6 heteroatoms. The fourth-order valence-electron chi connectivity index (χ4n) is 1.23. The van der Waals surface area contributed by atoms with Gasteiger partial charge in [-0.15, -0.1) is 0 Å². The Hall–Kier alpha value is -2.08. The summed E-state index contributed by atoms with van der Waals surface area (Å²) in [4.78, 5) is 21.4. The number of carbonyl (C=O) groups is 2. The molecule has 0 spiro atoms. The summed E-state index contributed by atoms with van der Waals surface area (Å²) < 4.78 is 5.16. The fourth-order valence-corrected chi connectivity index (χ4v) is 1.23. The van der Waals surface area contributed by atoms with Gasteiger partial charge in [-0.1, -0.05) is 12.1 Å². The Labute approximate surface area is 99.1 Å². The molecule has 1 aromatic rings. The average molecular weight is 237 g/mol. The highest BCUT2D eigenvalue weighted by atomic mass is 16.5. The quantitative estimate of drug-likeness (QED) is 0.671. The van der Waals surface area contributed by atoms with E-state index >= 15 is 0 Å². The molecule has 0 fully saturated rings. The monoisotopic (exact) mass is 237 g/mol. The number of hydrogen-bond donors (Lipinski definition) is 3. The van der Waals surface area contributed by atoms with Crippen LogP contribution in [0.5, 0.6) is 5.75 Å². The van der Waals surface area contributed by atoms with Gasteiger partial charge in [0.15, 0.2) is 6.61 Å². The second-order valence-corrected chi connectivity index (χ2v) is 3.38. The number of hydrogen-bond acceptors (Lipinski definition) is 4. The molecule has 6 nitrogen and oxygen atoms in total. The third-order valence-electron chi connectivity index (χ3n) is 1.94. The van der Waals surface area contributed by atoms with Crippen LogP contribution in [0.15, 0.2) is 24.3 Å². The largest absolute Gasteiger partial charge is 0.484 e. The van der Waals surface area contributed by atoms with Crippen LogP contribution < -0.4 is 21.1 Å². The number of carbonyl (C=O) groups excluding carboxylic acids is 2. The number of primary amides is 1. The maximum absolute atomic E-state index is 11.0. The van der Waals surface area contributed by atoms with Gasteiger partial charge in [0.1, 0.15) is 5.75 Å². The Bertz CT molecular complexity index is 389. The zero-order valence-corrected chi connectivity index (χ0v) is 9.53. The highest BCUT2D eigenvalue weighted by molar-refractivity contribution is 5.94. The average Bonchev–Trinajstić information content (AvgIpc) is 2.28. The number of nitrogens with one attached hydrogen (secondary N) is 2. The number of rotatable bonds is 5. The highest BCUT2D eigenvalue weighted by Gasteiger charge is 2.04. The Balaban J connectivity index is 2.41. The lowest BCUT2D eigenvalue weighted by molar-refractivity contribution is -0.121. The molecule has 0 radical (unpaired) electrons. The molecule has 1 rings (SSSR count). The molecule has 4 N–H and O–H groups in total. The summed E-state index contributed by atoms with van der Waals surface area (Å²) >= 11 is 0. The minimum Gasteiger partial charge on any atom is -0.484 e. The summed E-state index contributed by atoms with van der Waals surface area (Å²) in [6, 6.07) is 6.40. The van der Waals surface area contributed by atoms with Gasteiger partial charge in [0.05, 0.1) is 0 Å². The van der Waals surface area contributed by atoms with E-state index in [-0.39, 0.29) is 6.61 Å². The molecule has 0 aliphatic heterocycles. The van der Waals surface area contributed by atoms with Crippen molar-refractivity contribution in [2.24, 2.45) is 5.73 Å². The molecule has 0 saturated heterocycles. The van der Waals surface area contributed by atoms with E-state index in [0.717, 1.165) is 12.1 Å². The SMILES string of the molecule is CNCc1ccc(OCC(=O)NC(N)=O)cc1. The molecule has 3 amide bonds. The molecule has 1 aromatic carbocycles. The number of ether oxygens (including phenoxy) is 1. The summed E-state index contributed by atoms with van der Waals surface area (Å²) in [6.07, 6.45) is 0. The van der Waals surface area contributed by atoms with Crippen molar-refractivity contribution < 1.29 is 14.3 Å². The maximum atomic E-state index is 11.0. The third-order valence-corrected chi connectivity index (χ3v) is 1.94. The number of benzene rings is 1. The zero-order chi connectivity index (χ0) is 12.7. The van der Waals surface area contributed by atoms with Crippen molar-refractivity contribution in [3.8, 4) is 5.75 Å². The fraction of sp³-hybridized carbons (Fsp3) is 0.273. The lowest BCUT2D eigenvalue weighted by Crippen LogP contribution is -2.38. The molecular formula is C11H15N3O3. The number of urea groups is 1. The molecule has 0 bridgehead atoms. The standard InChI is InChI=1S/C11H15N3O3/c1-13-6-8-2-4-9(5-3-8)17-7-10(15)14-11(12)16/h2-5,13H,6-7H2,1H3,(H3,12,14,15,16). The van der Waals surface area contributed by atoms with E-state index in [2.05, 4.69) is 5.32 Å². The van der Waals surface area contributed by atoms with E-state index in [1.165, 1.54) is 0 Å². The molecule has 17 heavy (non-hydrogen) atoms. The van der Waals surface area contributed by atoms with Crippen molar-refractivity contribution in [1.82, 2.24) is 10.6 Å². The number of amides is 3. The Morgan fingerprint density at radius 2 is 1.94 bits per heavy atom. The van der Waals surface area contributed by atoms with E-state index in [0.29, 0.717) is 5.75 Å². The smallest absolute Gasteiger partial charge is 0.318 e. The summed E-state index contributed by atoms with van der Waals surface area (Å²) in [7, 11) is 1.86. The van der Waals surface area contributed by atoms with Gasteiger partial charge in [-0.05, 0) is 24.7 Å². The van der Waals surface area contributed by atoms with E-state index in [4.69, 9.17) is 10.5 Å². The minimum absolute atomic E-state index is 0.242. The van der Waals surface area contributed by atoms with Gasteiger partial charge in [0.25, 0.3) is 5.91 Å². The molecule has 0 aliphatic rings. The molecule has 0 unspecified atom stereocenters. The normalized spacial score (nSPS) is 9.71. The first-order valence-electron chi connectivity index (χ1n) is 5.07. The lowest BCUT2D eigenvalue weighted by Gasteiger charge is -2.06. The molecule has 0 saturated carbocycles. The minimum atomic E-state index is -0.886. The Morgan fingerprint density at radius 1 is 1.29 bits per heavy atom. The van der Waals surface area contributed by atoms with Crippen LogP contribution in [-0.2, 0) is 11.3 Å². The van der Waals surface area contributed by atoms with Crippen LogP contribution >= 0.6 is 0 Å². The van der Waals surface area contributed by atoms with Crippen LogP contribution in [0.2, 0.25) is 0 Å². The Morgan fingerprint density at radius 3 is 2.47 bits per heavy atom. The summed E-state index contributed by atoms with van der Waals surface area (Å²) in [5.74, 6) is -0.0127. The van der Waals surface area contributed by atoms with Crippen LogP contribution in [0.1, 0.15) is 5.56 Å². The Kier molecular flexibility index (Phi) is 4.96. The van der Waals surface area contributed by atoms with Crippen LogP contribution in [0, 0.1) is 0 Å². The zero-order valence-electron chi connectivity index (χ0n) is 9.53. The first kappa shape index (κ1) is 13.0. The van der Waals surface area contributed by atoms with Crippen molar-refractivity contribution in [3.05, 3.63) is 29.8 Å². The first-order chi connectivity index (χ1) is 8.11. The van der Waals surface area contributed by atoms with Gasteiger partial charge in [-0.3, -0.25) is 10.1 Å².